The Labute approximate surface area is 160 Å². The van der Waals surface area contributed by atoms with Crippen LogP contribution in [0.5, 0.6) is 0 Å². The van der Waals surface area contributed by atoms with Crippen molar-refractivity contribution < 1.29 is 9.21 Å². The van der Waals surface area contributed by atoms with Crippen LogP contribution < -0.4 is 0 Å². The van der Waals surface area contributed by atoms with Crippen LogP contribution in [-0.2, 0) is 17.6 Å². The molecule has 1 amide bonds. The molecule has 0 aliphatic rings. The van der Waals surface area contributed by atoms with Gasteiger partial charge in [-0.05, 0) is 56.5 Å². The first-order chi connectivity index (χ1) is 13.1. The summed E-state index contributed by atoms with van der Waals surface area (Å²) in [6, 6.07) is 11.9. The molecular weight excluding hydrogens is 338 g/mol. The average Bonchev–Trinajstić information content (AvgIpc) is 3.03. The number of rotatable bonds is 7. The van der Waals surface area contributed by atoms with Gasteiger partial charge >= 0.3 is 0 Å². The van der Waals surface area contributed by atoms with Crippen molar-refractivity contribution in [2.45, 2.75) is 33.6 Å². The topological polar surface area (TPSA) is 59.2 Å². The molecule has 0 spiro atoms. The molecule has 5 heteroatoms. The molecule has 1 aromatic carbocycles. The van der Waals surface area contributed by atoms with Crippen LogP contribution in [-0.4, -0.2) is 33.9 Å². The van der Waals surface area contributed by atoms with Crippen LogP contribution >= 0.6 is 0 Å². The molecule has 0 bridgehead atoms. The van der Waals surface area contributed by atoms with Gasteiger partial charge in [0.1, 0.15) is 5.76 Å². The fourth-order valence-corrected chi connectivity index (χ4v) is 3.05. The zero-order chi connectivity index (χ0) is 19.2. The summed E-state index contributed by atoms with van der Waals surface area (Å²) in [4.78, 5) is 23.2. The first-order valence-electron chi connectivity index (χ1n) is 9.27. The summed E-state index contributed by atoms with van der Waals surface area (Å²) in [5.41, 5.74) is 3.95. The Balaban J connectivity index is 1.68. The van der Waals surface area contributed by atoms with Gasteiger partial charge in [-0.3, -0.25) is 9.78 Å². The number of carbonyl (C=O) groups is 1. The summed E-state index contributed by atoms with van der Waals surface area (Å²) in [5, 5.41) is 0. The van der Waals surface area contributed by atoms with Crippen LogP contribution in [0.15, 0.2) is 53.2 Å². The highest BCUT2D eigenvalue weighted by Gasteiger charge is 2.19. The van der Waals surface area contributed by atoms with Gasteiger partial charge in [0.25, 0.3) is 0 Å². The molecule has 0 radical (unpaired) electrons. The number of hydrogen-bond donors (Lipinski definition) is 0. The van der Waals surface area contributed by atoms with Gasteiger partial charge < -0.3 is 9.32 Å². The number of benzene rings is 1. The Morgan fingerprint density at radius 3 is 2.56 bits per heavy atom. The third-order valence-corrected chi connectivity index (χ3v) is 4.74. The van der Waals surface area contributed by atoms with E-state index in [1.54, 1.807) is 12.4 Å². The molecular formula is C22H25N3O2. The number of nitrogens with zero attached hydrogens (tertiary/aromatic N) is 3. The van der Waals surface area contributed by atoms with Gasteiger partial charge in [-0.1, -0.05) is 18.2 Å². The molecule has 2 heterocycles. The van der Waals surface area contributed by atoms with Crippen molar-refractivity contribution in [3.05, 3.63) is 71.4 Å². The van der Waals surface area contributed by atoms with Crippen LogP contribution in [0.2, 0.25) is 0 Å². The number of likely N-dealkylation sites (N-methyl/N-ethyl adjacent to an activating group) is 1. The minimum absolute atomic E-state index is 0.0688. The molecule has 0 aliphatic carbocycles. The zero-order valence-corrected chi connectivity index (χ0v) is 16.1. The lowest BCUT2D eigenvalue weighted by atomic mass is 10.1. The van der Waals surface area contributed by atoms with Gasteiger partial charge in [0, 0.05) is 31.0 Å². The number of carbonyl (C=O) groups excluding carboxylic acids is 1. The summed E-state index contributed by atoms with van der Waals surface area (Å²) < 4.78 is 5.84. The number of aryl methyl sites for hydroxylation is 2. The van der Waals surface area contributed by atoms with E-state index in [0.717, 1.165) is 17.5 Å². The molecule has 0 unspecified atom stereocenters. The molecule has 0 aliphatic heterocycles. The summed E-state index contributed by atoms with van der Waals surface area (Å²) in [6.45, 7) is 7.24. The Kier molecular flexibility index (Phi) is 6.01. The maximum Gasteiger partial charge on any atom is 0.228 e. The second-order valence-electron chi connectivity index (χ2n) is 6.59. The van der Waals surface area contributed by atoms with E-state index in [1.165, 1.54) is 5.56 Å². The average molecular weight is 363 g/mol. The lowest BCUT2D eigenvalue weighted by molar-refractivity contribution is -0.130. The zero-order valence-electron chi connectivity index (χ0n) is 16.1. The van der Waals surface area contributed by atoms with Crippen LogP contribution in [0.4, 0.5) is 0 Å². The highest BCUT2D eigenvalue weighted by molar-refractivity contribution is 5.78. The van der Waals surface area contributed by atoms with E-state index in [4.69, 9.17) is 4.42 Å². The summed E-state index contributed by atoms with van der Waals surface area (Å²) in [7, 11) is 0. The number of pyridine rings is 1. The molecule has 5 nitrogen and oxygen atoms in total. The van der Waals surface area contributed by atoms with E-state index in [2.05, 4.69) is 9.97 Å². The molecule has 3 aromatic rings. The van der Waals surface area contributed by atoms with Crippen molar-refractivity contribution in [3.63, 3.8) is 0 Å². The van der Waals surface area contributed by atoms with E-state index in [-0.39, 0.29) is 12.3 Å². The van der Waals surface area contributed by atoms with E-state index in [1.807, 2.05) is 62.1 Å². The second kappa shape index (κ2) is 8.62. The predicted molar refractivity (Wildman–Crippen MR) is 105 cm³/mol. The molecule has 2 aromatic heterocycles. The van der Waals surface area contributed by atoms with E-state index >= 15 is 0 Å². The second-order valence-corrected chi connectivity index (χ2v) is 6.59. The monoisotopic (exact) mass is 363 g/mol. The molecule has 0 saturated carbocycles. The summed E-state index contributed by atoms with van der Waals surface area (Å²) in [5.74, 6) is 1.35. The van der Waals surface area contributed by atoms with Gasteiger partial charge in [0.15, 0.2) is 0 Å². The molecule has 3 rings (SSSR count). The van der Waals surface area contributed by atoms with Crippen LogP contribution in [0.3, 0.4) is 0 Å². The molecule has 0 saturated heterocycles. The molecule has 0 fully saturated rings. The Bertz CT molecular complexity index is 903. The van der Waals surface area contributed by atoms with Crippen molar-refractivity contribution >= 4 is 5.91 Å². The predicted octanol–water partition coefficient (Wildman–Crippen LogP) is 3.99. The molecule has 27 heavy (non-hydrogen) atoms. The SMILES string of the molecule is CCN(CCc1ccncc1)C(=O)Cc1nc(-c2ccccc2C)oc1C. The number of oxazole rings is 1. The first kappa shape index (κ1) is 18.8. The third kappa shape index (κ3) is 4.61. The fraction of sp³-hybridized carbons (Fsp3) is 0.318. The maximum absolute atomic E-state index is 12.8. The van der Waals surface area contributed by atoms with Crippen LogP contribution in [0.1, 0.15) is 29.5 Å². The molecule has 0 N–H and O–H groups in total. The minimum atomic E-state index is 0.0688. The first-order valence-corrected chi connectivity index (χ1v) is 9.27. The largest absolute Gasteiger partial charge is 0.441 e. The van der Waals surface area contributed by atoms with Gasteiger partial charge in [-0.15, -0.1) is 0 Å². The highest BCUT2D eigenvalue weighted by atomic mass is 16.4. The van der Waals surface area contributed by atoms with E-state index < -0.39 is 0 Å². The van der Waals surface area contributed by atoms with Crippen LogP contribution in [0, 0.1) is 13.8 Å². The van der Waals surface area contributed by atoms with Gasteiger partial charge in [-0.2, -0.15) is 0 Å². The van der Waals surface area contributed by atoms with Gasteiger partial charge in [0.2, 0.25) is 11.8 Å². The van der Waals surface area contributed by atoms with Crippen molar-refractivity contribution in [2.75, 3.05) is 13.1 Å². The third-order valence-electron chi connectivity index (χ3n) is 4.74. The van der Waals surface area contributed by atoms with Crippen molar-refractivity contribution in [2.24, 2.45) is 0 Å². The van der Waals surface area contributed by atoms with E-state index in [9.17, 15) is 4.79 Å². The quantitative estimate of drug-likeness (QED) is 0.637. The maximum atomic E-state index is 12.8. The lowest BCUT2D eigenvalue weighted by Gasteiger charge is -2.20. The number of amides is 1. The van der Waals surface area contributed by atoms with Crippen molar-refractivity contribution in [1.29, 1.82) is 0 Å². The van der Waals surface area contributed by atoms with Gasteiger partial charge in [-0.25, -0.2) is 4.98 Å². The molecule has 140 valence electrons. The minimum Gasteiger partial charge on any atom is -0.441 e. The van der Waals surface area contributed by atoms with E-state index in [0.29, 0.717) is 30.4 Å². The van der Waals surface area contributed by atoms with Crippen molar-refractivity contribution in [3.8, 4) is 11.5 Å². The summed E-state index contributed by atoms with van der Waals surface area (Å²) in [6.07, 6.45) is 4.62. The van der Waals surface area contributed by atoms with Crippen molar-refractivity contribution in [1.82, 2.24) is 14.9 Å². The fourth-order valence-electron chi connectivity index (χ4n) is 3.05. The lowest BCUT2D eigenvalue weighted by Crippen LogP contribution is -2.34. The van der Waals surface area contributed by atoms with Crippen LogP contribution in [0.25, 0.3) is 11.5 Å². The highest BCUT2D eigenvalue weighted by Crippen LogP contribution is 2.25. The smallest absolute Gasteiger partial charge is 0.228 e. The summed E-state index contributed by atoms with van der Waals surface area (Å²) >= 11 is 0. The Morgan fingerprint density at radius 2 is 1.85 bits per heavy atom. The Morgan fingerprint density at radius 1 is 1.11 bits per heavy atom. The standard InChI is InChI=1S/C22H25N3O2/c1-4-25(14-11-18-9-12-23-13-10-18)21(26)15-20-17(3)27-22(24-20)19-8-6-5-7-16(19)2/h5-10,12-13H,4,11,14-15H2,1-3H3. The number of aromatic nitrogens is 2. The Hall–Kier alpha value is -2.95. The normalized spacial score (nSPS) is 10.8. The number of hydrogen-bond acceptors (Lipinski definition) is 4. The molecule has 0 atom stereocenters. The van der Waals surface area contributed by atoms with Gasteiger partial charge in [0.05, 0.1) is 12.1 Å².